The maximum absolute atomic E-state index is 12.4. The van der Waals surface area contributed by atoms with E-state index in [-0.39, 0.29) is 6.03 Å². The van der Waals surface area contributed by atoms with Gasteiger partial charge in [-0.2, -0.15) is 0 Å². The number of hydrogen-bond donors (Lipinski definition) is 1. The van der Waals surface area contributed by atoms with Gasteiger partial charge < -0.3 is 14.7 Å². The molecule has 116 valence electrons. The number of nitrogens with zero attached hydrogens (tertiary/aromatic N) is 2. The highest BCUT2D eigenvalue weighted by molar-refractivity contribution is 7.98. The topological polar surface area (TPSA) is 58.4 Å². The molecular formula is C16H19N3O2S. The second-order valence-corrected chi connectivity index (χ2v) is 6.24. The Morgan fingerprint density at radius 1 is 1.36 bits per heavy atom. The van der Waals surface area contributed by atoms with E-state index in [9.17, 15) is 4.79 Å². The lowest BCUT2D eigenvalue weighted by molar-refractivity contribution is 0.191. The van der Waals surface area contributed by atoms with Crippen LogP contribution in [0.1, 0.15) is 24.1 Å². The van der Waals surface area contributed by atoms with Crippen LogP contribution in [0.5, 0.6) is 0 Å². The number of carbonyl (C=O) groups is 1. The summed E-state index contributed by atoms with van der Waals surface area (Å²) >= 11 is 1.72. The van der Waals surface area contributed by atoms with Crippen molar-refractivity contribution in [1.82, 2.24) is 15.4 Å². The number of hydrogen-bond acceptors (Lipinski definition) is 4. The highest BCUT2D eigenvalue weighted by atomic mass is 32.2. The predicted molar refractivity (Wildman–Crippen MR) is 85.5 cm³/mol. The van der Waals surface area contributed by atoms with Gasteiger partial charge in [-0.05, 0) is 36.8 Å². The van der Waals surface area contributed by atoms with Crippen molar-refractivity contribution in [3.8, 4) is 0 Å². The Balaban J connectivity index is 1.60. The van der Waals surface area contributed by atoms with Gasteiger partial charge in [0, 0.05) is 23.5 Å². The molecule has 1 aliphatic rings. The maximum Gasteiger partial charge on any atom is 0.318 e. The van der Waals surface area contributed by atoms with Gasteiger partial charge in [0.05, 0.1) is 6.54 Å². The summed E-state index contributed by atoms with van der Waals surface area (Å²) < 4.78 is 4.77. The quantitative estimate of drug-likeness (QED) is 0.831. The van der Waals surface area contributed by atoms with Crippen LogP contribution >= 0.6 is 11.8 Å². The van der Waals surface area contributed by atoms with E-state index in [1.54, 1.807) is 17.8 Å². The second-order valence-electron chi connectivity index (χ2n) is 5.36. The lowest BCUT2D eigenvalue weighted by Crippen LogP contribution is -2.40. The van der Waals surface area contributed by atoms with Gasteiger partial charge in [0.25, 0.3) is 0 Å². The Hall–Kier alpha value is -1.95. The summed E-state index contributed by atoms with van der Waals surface area (Å²) in [6, 6.07) is 10.4. The summed E-state index contributed by atoms with van der Waals surface area (Å²) in [6.45, 7) is 1.04. The lowest BCUT2D eigenvalue weighted by atomic mass is 10.2. The monoisotopic (exact) mass is 317 g/mol. The van der Waals surface area contributed by atoms with Gasteiger partial charge in [0.15, 0.2) is 0 Å². The minimum Gasteiger partial charge on any atom is -0.364 e. The normalized spacial score (nSPS) is 13.9. The molecule has 0 aliphatic heterocycles. The van der Waals surface area contributed by atoms with Gasteiger partial charge in [0.2, 0.25) is 0 Å². The minimum absolute atomic E-state index is 0.0422. The Morgan fingerprint density at radius 3 is 2.73 bits per heavy atom. The number of benzene rings is 1. The van der Waals surface area contributed by atoms with E-state index in [1.165, 1.54) is 11.2 Å². The standard InChI is InChI=1S/C16H19N3O2S/c1-22-15-6-2-12(3-7-15)11-19(14-4-5-14)16(20)17-10-13-8-9-21-18-13/h2-3,6-9,14H,4-5,10-11H2,1H3,(H,17,20). The zero-order valence-corrected chi connectivity index (χ0v) is 13.3. The van der Waals surface area contributed by atoms with Crippen molar-refractivity contribution >= 4 is 17.8 Å². The zero-order chi connectivity index (χ0) is 15.4. The molecule has 2 aromatic rings. The average Bonchev–Trinajstić information content (AvgIpc) is 3.26. The fourth-order valence-corrected chi connectivity index (χ4v) is 2.69. The van der Waals surface area contributed by atoms with Gasteiger partial charge in [-0.3, -0.25) is 0 Å². The zero-order valence-electron chi connectivity index (χ0n) is 12.5. The highest BCUT2D eigenvalue weighted by Gasteiger charge is 2.32. The molecule has 0 radical (unpaired) electrons. The van der Waals surface area contributed by atoms with Crippen LogP contribution < -0.4 is 5.32 Å². The number of urea groups is 1. The van der Waals surface area contributed by atoms with E-state index in [1.807, 2.05) is 4.90 Å². The van der Waals surface area contributed by atoms with Gasteiger partial charge in [0.1, 0.15) is 12.0 Å². The van der Waals surface area contributed by atoms with Crippen LogP contribution in [0.25, 0.3) is 0 Å². The number of thioether (sulfide) groups is 1. The molecule has 0 spiro atoms. The van der Waals surface area contributed by atoms with Gasteiger partial charge in [-0.25, -0.2) is 4.79 Å². The molecule has 22 heavy (non-hydrogen) atoms. The van der Waals surface area contributed by atoms with Gasteiger partial charge >= 0.3 is 6.03 Å². The molecule has 1 aromatic carbocycles. The summed E-state index contributed by atoms with van der Waals surface area (Å²) in [5.41, 5.74) is 1.88. The van der Waals surface area contributed by atoms with Crippen molar-refractivity contribution in [1.29, 1.82) is 0 Å². The number of nitrogens with one attached hydrogen (secondary N) is 1. The van der Waals surface area contributed by atoms with Crippen LogP contribution in [-0.4, -0.2) is 28.4 Å². The Bertz CT molecular complexity index is 609. The van der Waals surface area contributed by atoms with Crippen LogP contribution in [0.3, 0.4) is 0 Å². The summed E-state index contributed by atoms with van der Waals surface area (Å²) in [7, 11) is 0. The van der Waals surface area contributed by atoms with Crippen molar-refractivity contribution < 1.29 is 9.32 Å². The molecule has 0 unspecified atom stereocenters. The minimum atomic E-state index is -0.0422. The Kier molecular flexibility index (Phi) is 4.68. The molecule has 0 atom stereocenters. The lowest BCUT2D eigenvalue weighted by Gasteiger charge is -2.23. The second kappa shape index (κ2) is 6.87. The molecule has 1 saturated carbocycles. The highest BCUT2D eigenvalue weighted by Crippen LogP contribution is 2.28. The number of amides is 2. The van der Waals surface area contributed by atoms with E-state index in [4.69, 9.17) is 4.52 Å². The fourth-order valence-electron chi connectivity index (χ4n) is 2.28. The van der Waals surface area contributed by atoms with Crippen LogP contribution in [-0.2, 0) is 13.1 Å². The third kappa shape index (κ3) is 3.82. The average molecular weight is 317 g/mol. The summed E-state index contributed by atoms with van der Waals surface area (Å²) in [5, 5.41) is 6.71. The molecule has 1 aliphatic carbocycles. The molecule has 6 heteroatoms. The molecule has 1 fully saturated rings. The first kappa shape index (κ1) is 15.0. The van der Waals surface area contributed by atoms with E-state index >= 15 is 0 Å². The molecule has 1 N–H and O–H groups in total. The Labute approximate surface area is 134 Å². The number of carbonyl (C=O) groups excluding carboxylic acids is 1. The van der Waals surface area contributed by atoms with E-state index in [0.717, 1.165) is 24.1 Å². The summed E-state index contributed by atoms with van der Waals surface area (Å²) in [4.78, 5) is 15.5. The molecule has 1 heterocycles. The summed E-state index contributed by atoms with van der Waals surface area (Å²) in [5.74, 6) is 0. The van der Waals surface area contributed by atoms with Gasteiger partial charge in [-0.1, -0.05) is 17.3 Å². The smallest absolute Gasteiger partial charge is 0.318 e. The maximum atomic E-state index is 12.4. The van der Waals surface area contributed by atoms with Crippen molar-refractivity contribution in [2.45, 2.75) is 36.9 Å². The molecule has 0 bridgehead atoms. The van der Waals surface area contributed by atoms with Crippen LogP contribution in [0.15, 0.2) is 46.0 Å². The molecule has 5 nitrogen and oxygen atoms in total. The molecule has 2 amide bonds. The van der Waals surface area contributed by atoms with Crippen LogP contribution in [0.4, 0.5) is 4.79 Å². The molecule has 0 saturated heterocycles. The van der Waals surface area contributed by atoms with Crippen molar-refractivity contribution in [3.63, 3.8) is 0 Å². The molecule has 3 rings (SSSR count). The van der Waals surface area contributed by atoms with Crippen LogP contribution in [0, 0.1) is 0 Å². The van der Waals surface area contributed by atoms with Gasteiger partial charge in [-0.15, -0.1) is 11.8 Å². The fraction of sp³-hybridized carbons (Fsp3) is 0.375. The predicted octanol–water partition coefficient (Wildman–Crippen LogP) is 3.27. The first-order valence-corrected chi connectivity index (χ1v) is 8.55. The molecule has 1 aromatic heterocycles. The first-order chi connectivity index (χ1) is 10.8. The van der Waals surface area contributed by atoms with Crippen LogP contribution in [0.2, 0.25) is 0 Å². The third-order valence-corrected chi connectivity index (χ3v) is 4.42. The van der Waals surface area contributed by atoms with Crippen molar-refractivity contribution in [2.75, 3.05) is 6.26 Å². The van der Waals surface area contributed by atoms with E-state index in [0.29, 0.717) is 19.1 Å². The summed E-state index contributed by atoms with van der Waals surface area (Å²) in [6.07, 6.45) is 5.73. The largest absolute Gasteiger partial charge is 0.364 e. The number of rotatable bonds is 6. The van der Waals surface area contributed by atoms with Crippen molar-refractivity contribution in [2.24, 2.45) is 0 Å². The Morgan fingerprint density at radius 2 is 2.14 bits per heavy atom. The SMILES string of the molecule is CSc1ccc(CN(C(=O)NCc2ccon2)C2CC2)cc1. The van der Waals surface area contributed by atoms with E-state index in [2.05, 4.69) is 41.0 Å². The molecular weight excluding hydrogens is 298 g/mol. The third-order valence-electron chi connectivity index (χ3n) is 3.67. The van der Waals surface area contributed by atoms with E-state index < -0.39 is 0 Å². The number of aromatic nitrogens is 1. The van der Waals surface area contributed by atoms with Crippen molar-refractivity contribution in [3.05, 3.63) is 47.9 Å². The first-order valence-electron chi connectivity index (χ1n) is 7.33.